The molecule has 0 bridgehead atoms. The van der Waals surface area contributed by atoms with Crippen molar-refractivity contribution in [3.8, 4) is 0 Å². The normalized spacial score (nSPS) is 12.5. The van der Waals surface area contributed by atoms with Crippen molar-refractivity contribution in [1.29, 1.82) is 0 Å². The van der Waals surface area contributed by atoms with Crippen LogP contribution in [0.3, 0.4) is 0 Å². The van der Waals surface area contributed by atoms with Crippen molar-refractivity contribution in [2.45, 2.75) is 39.3 Å². The third kappa shape index (κ3) is 4.89. The van der Waals surface area contributed by atoms with Crippen molar-refractivity contribution >= 4 is 16.8 Å². The summed E-state index contributed by atoms with van der Waals surface area (Å²) < 4.78 is 1.44. The number of hydrogen-bond acceptors (Lipinski definition) is 4. The van der Waals surface area contributed by atoms with Crippen LogP contribution in [0.1, 0.15) is 26.7 Å². The quantitative estimate of drug-likeness (QED) is 0.806. The van der Waals surface area contributed by atoms with E-state index in [-0.39, 0.29) is 31.0 Å². The summed E-state index contributed by atoms with van der Waals surface area (Å²) in [5.41, 5.74) is 0.498. The van der Waals surface area contributed by atoms with E-state index in [1.165, 1.54) is 10.9 Å². The average Bonchev–Trinajstić information content (AvgIpc) is 2.52. The number of carbonyl (C=O) groups excluding carboxylic acids is 1. The Balaban J connectivity index is 1.90. The highest BCUT2D eigenvalue weighted by Crippen LogP contribution is 2.05. The number of benzene rings is 1. The van der Waals surface area contributed by atoms with Gasteiger partial charge in [0.15, 0.2) is 0 Å². The molecule has 0 radical (unpaired) electrons. The van der Waals surface area contributed by atoms with Crippen molar-refractivity contribution in [2.75, 3.05) is 6.54 Å². The van der Waals surface area contributed by atoms with E-state index in [0.29, 0.717) is 23.2 Å². The van der Waals surface area contributed by atoms with Gasteiger partial charge < -0.3 is 10.4 Å². The largest absolute Gasteiger partial charge is 0.391 e. The molecule has 2 aromatic rings. The fraction of sp³-hybridized carbons (Fsp3) is 0.471. The standard InChI is InChI=1S/C17H23N3O3/c1-12(2)9-13(21)10-18-16(22)7-8-20-11-19-15-6-4-3-5-14(15)17(20)23/h3-6,11-13,21H,7-10H2,1-2H3,(H,18,22). The average molecular weight is 317 g/mol. The zero-order valence-corrected chi connectivity index (χ0v) is 13.5. The van der Waals surface area contributed by atoms with E-state index in [2.05, 4.69) is 10.3 Å². The molecular weight excluding hydrogens is 294 g/mol. The smallest absolute Gasteiger partial charge is 0.261 e. The van der Waals surface area contributed by atoms with Crippen LogP contribution in [0.4, 0.5) is 0 Å². The second-order valence-corrected chi connectivity index (χ2v) is 6.10. The van der Waals surface area contributed by atoms with Gasteiger partial charge >= 0.3 is 0 Å². The number of aliphatic hydroxyl groups excluding tert-OH is 1. The number of nitrogens with one attached hydrogen (secondary N) is 1. The van der Waals surface area contributed by atoms with Crippen LogP contribution in [-0.4, -0.2) is 33.2 Å². The van der Waals surface area contributed by atoms with E-state index in [1.807, 2.05) is 19.9 Å². The van der Waals surface area contributed by atoms with E-state index < -0.39 is 6.10 Å². The molecule has 1 atom stereocenters. The molecule has 0 aliphatic rings. The Morgan fingerprint density at radius 2 is 2.09 bits per heavy atom. The lowest BCUT2D eigenvalue weighted by Gasteiger charge is -2.14. The van der Waals surface area contributed by atoms with Gasteiger partial charge in [-0.3, -0.25) is 14.2 Å². The van der Waals surface area contributed by atoms with E-state index >= 15 is 0 Å². The first-order chi connectivity index (χ1) is 11.0. The number of rotatable bonds is 7. The Bertz CT molecular complexity index is 724. The molecule has 1 aromatic carbocycles. The van der Waals surface area contributed by atoms with Crippen molar-refractivity contribution in [2.24, 2.45) is 5.92 Å². The van der Waals surface area contributed by atoms with E-state index in [1.54, 1.807) is 18.2 Å². The summed E-state index contributed by atoms with van der Waals surface area (Å²) in [6.45, 7) is 4.54. The fourth-order valence-electron chi connectivity index (χ4n) is 2.43. The van der Waals surface area contributed by atoms with Crippen molar-refractivity contribution < 1.29 is 9.90 Å². The zero-order valence-electron chi connectivity index (χ0n) is 13.5. The minimum Gasteiger partial charge on any atom is -0.391 e. The number of aliphatic hydroxyl groups is 1. The van der Waals surface area contributed by atoms with Crippen LogP contribution in [0.5, 0.6) is 0 Å². The molecule has 0 aliphatic heterocycles. The second kappa shape index (κ2) is 7.87. The molecule has 0 aliphatic carbocycles. The number of fused-ring (bicyclic) bond motifs is 1. The predicted octanol–water partition coefficient (Wildman–Crippen LogP) is 1.31. The molecule has 23 heavy (non-hydrogen) atoms. The molecule has 0 fully saturated rings. The first kappa shape index (κ1) is 17.1. The number of nitrogens with zero attached hydrogens (tertiary/aromatic N) is 2. The Hall–Kier alpha value is -2.21. The van der Waals surface area contributed by atoms with Gasteiger partial charge in [0, 0.05) is 19.5 Å². The summed E-state index contributed by atoms with van der Waals surface area (Å²) in [6.07, 6.45) is 1.75. The zero-order chi connectivity index (χ0) is 16.8. The number of carbonyl (C=O) groups is 1. The van der Waals surface area contributed by atoms with Crippen LogP contribution in [0, 0.1) is 5.92 Å². The van der Waals surface area contributed by atoms with Gasteiger partial charge in [-0.15, -0.1) is 0 Å². The molecule has 124 valence electrons. The molecule has 0 saturated heterocycles. The number of aryl methyl sites for hydroxylation is 1. The summed E-state index contributed by atoms with van der Waals surface area (Å²) in [5, 5.41) is 13.0. The van der Waals surface area contributed by atoms with Crippen molar-refractivity contribution in [3.63, 3.8) is 0 Å². The lowest BCUT2D eigenvalue weighted by atomic mass is 10.1. The molecule has 1 amide bonds. The molecular formula is C17H23N3O3. The van der Waals surface area contributed by atoms with Crippen molar-refractivity contribution in [3.05, 3.63) is 40.9 Å². The first-order valence-electron chi connectivity index (χ1n) is 7.86. The molecule has 2 rings (SSSR count). The predicted molar refractivity (Wildman–Crippen MR) is 89.1 cm³/mol. The third-order valence-electron chi connectivity index (χ3n) is 3.59. The summed E-state index contributed by atoms with van der Waals surface area (Å²) in [6, 6.07) is 7.13. The van der Waals surface area contributed by atoms with Crippen LogP contribution in [-0.2, 0) is 11.3 Å². The van der Waals surface area contributed by atoms with Gasteiger partial charge in [0.25, 0.3) is 5.56 Å². The van der Waals surface area contributed by atoms with E-state index in [0.717, 1.165) is 0 Å². The topological polar surface area (TPSA) is 84.2 Å². The maximum Gasteiger partial charge on any atom is 0.261 e. The second-order valence-electron chi connectivity index (χ2n) is 6.10. The minimum absolute atomic E-state index is 0.150. The Morgan fingerprint density at radius 3 is 2.83 bits per heavy atom. The number of hydrogen-bond donors (Lipinski definition) is 2. The highest BCUT2D eigenvalue weighted by atomic mass is 16.3. The molecule has 1 heterocycles. The molecule has 2 N–H and O–H groups in total. The molecule has 0 spiro atoms. The SMILES string of the molecule is CC(C)CC(O)CNC(=O)CCn1cnc2ccccc2c1=O. The van der Waals surface area contributed by atoms with Crippen LogP contribution in [0.25, 0.3) is 10.9 Å². The number of para-hydroxylation sites is 1. The van der Waals surface area contributed by atoms with Gasteiger partial charge in [0.05, 0.1) is 23.3 Å². The maximum atomic E-state index is 12.3. The van der Waals surface area contributed by atoms with Gasteiger partial charge in [0.2, 0.25) is 5.91 Å². The molecule has 1 aromatic heterocycles. The van der Waals surface area contributed by atoms with Gasteiger partial charge in [-0.2, -0.15) is 0 Å². The lowest BCUT2D eigenvalue weighted by molar-refractivity contribution is -0.121. The molecule has 1 unspecified atom stereocenters. The highest BCUT2D eigenvalue weighted by Gasteiger charge is 2.10. The summed E-state index contributed by atoms with van der Waals surface area (Å²) in [7, 11) is 0. The molecule has 6 nitrogen and oxygen atoms in total. The Kier molecular flexibility index (Phi) is 5.87. The highest BCUT2D eigenvalue weighted by molar-refractivity contribution is 5.77. The van der Waals surface area contributed by atoms with Gasteiger partial charge in [0.1, 0.15) is 0 Å². The fourth-order valence-corrected chi connectivity index (χ4v) is 2.43. The number of amides is 1. The van der Waals surface area contributed by atoms with E-state index in [9.17, 15) is 14.7 Å². The summed E-state index contributed by atoms with van der Waals surface area (Å²) >= 11 is 0. The van der Waals surface area contributed by atoms with Gasteiger partial charge in [-0.25, -0.2) is 4.98 Å². The third-order valence-corrected chi connectivity index (χ3v) is 3.59. The lowest BCUT2D eigenvalue weighted by Crippen LogP contribution is -2.34. The Morgan fingerprint density at radius 1 is 1.35 bits per heavy atom. The van der Waals surface area contributed by atoms with Gasteiger partial charge in [-0.1, -0.05) is 26.0 Å². The van der Waals surface area contributed by atoms with Crippen molar-refractivity contribution in [1.82, 2.24) is 14.9 Å². The monoisotopic (exact) mass is 317 g/mol. The van der Waals surface area contributed by atoms with E-state index in [4.69, 9.17) is 0 Å². The van der Waals surface area contributed by atoms with Crippen LogP contribution in [0.2, 0.25) is 0 Å². The van der Waals surface area contributed by atoms with Crippen LogP contribution in [0.15, 0.2) is 35.4 Å². The van der Waals surface area contributed by atoms with Crippen LogP contribution < -0.4 is 10.9 Å². The Labute approximate surface area is 135 Å². The van der Waals surface area contributed by atoms with Gasteiger partial charge in [-0.05, 0) is 24.5 Å². The molecule has 0 saturated carbocycles. The maximum absolute atomic E-state index is 12.3. The summed E-state index contributed by atoms with van der Waals surface area (Å²) in [4.78, 5) is 28.3. The first-order valence-corrected chi connectivity index (χ1v) is 7.86. The minimum atomic E-state index is -0.538. The van der Waals surface area contributed by atoms with Crippen LogP contribution >= 0.6 is 0 Å². The number of aromatic nitrogens is 2. The summed E-state index contributed by atoms with van der Waals surface area (Å²) in [5.74, 6) is 0.192. The molecule has 6 heteroatoms.